The zero-order valence-electron chi connectivity index (χ0n) is 17.2. The first kappa shape index (κ1) is 20.0. The number of allylic oxidation sites excluding steroid dienone is 5. The van der Waals surface area contributed by atoms with Gasteiger partial charge in [0.1, 0.15) is 11.5 Å². The van der Waals surface area contributed by atoms with Crippen molar-refractivity contribution in [2.75, 3.05) is 14.2 Å². The zero-order chi connectivity index (χ0) is 19.7. The van der Waals surface area contributed by atoms with Gasteiger partial charge in [-0.3, -0.25) is 4.79 Å². The minimum absolute atomic E-state index is 0.139. The molecule has 0 atom stereocenters. The van der Waals surface area contributed by atoms with E-state index in [1.165, 1.54) is 0 Å². The largest absolute Gasteiger partial charge is 0.497 e. The lowest BCUT2D eigenvalue weighted by molar-refractivity contribution is -0.114. The Morgan fingerprint density at radius 1 is 0.846 bits per heavy atom. The van der Waals surface area contributed by atoms with Crippen LogP contribution in [0.4, 0.5) is 0 Å². The summed E-state index contributed by atoms with van der Waals surface area (Å²) < 4.78 is 10.8. The Balaban J connectivity index is 2.66. The quantitative estimate of drug-likeness (QED) is 0.707. The van der Waals surface area contributed by atoms with Gasteiger partial charge in [0.2, 0.25) is 0 Å². The molecule has 0 unspecified atom stereocenters. The molecule has 1 aromatic carbocycles. The van der Waals surface area contributed by atoms with Crippen LogP contribution in [0.2, 0.25) is 0 Å². The van der Waals surface area contributed by atoms with Crippen LogP contribution >= 0.6 is 0 Å². The number of benzene rings is 1. The van der Waals surface area contributed by atoms with Gasteiger partial charge in [0, 0.05) is 16.7 Å². The average Bonchev–Trinajstić information content (AvgIpc) is 2.54. The van der Waals surface area contributed by atoms with Gasteiger partial charge in [-0.1, -0.05) is 41.5 Å². The maximum absolute atomic E-state index is 13.0. The van der Waals surface area contributed by atoms with Crippen LogP contribution in [0.25, 0.3) is 6.08 Å². The highest BCUT2D eigenvalue weighted by Gasteiger charge is 2.33. The Morgan fingerprint density at radius 3 is 1.81 bits per heavy atom. The van der Waals surface area contributed by atoms with Gasteiger partial charge in [-0.2, -0.15) is 0 Å². The first-order chi connectivity index (χ1) is 12.0. The topological polar surface area (TPSA) is 35.5 Å². The summed E-state index contributed by atoms with van der Waals surface area (Å²) in [5, 5.41) is 0. The second kappa shape index (κ2) is 7.14. The molecule has 3 heteroatoms. The summed E-state index contributed by atoms with van der Waals surface area (Å²) in [4.78, 5) is 13.0. The summed E-state index contributed by atoms with van der Waals surface area (Å²) in [6, 6.07) is 5.71. The number of ether oxygens (including phenoxy) is 2. The number of methoxy groups -OCH3 is 2. The molecule has 3 nitrogen and oxygen atoms in total. The first-order valence-electron chi connectivity index (χ1n) is 8.90. The van der Waals surface area contributed by atoms with Crippen LogP contribution in [0.5, 0.6) is 11.5 Å². The molecule has 2 rings (SSSR count). The van der Waals surface area contributed by atoms with Crippen molar-refractivity contribution in [2.24, 2.45) is 10.8 Å². The molecular formula is C23H30O3. The number of carbonyl (C=O) groups is 1. The van der Waals surface area contributed by atoms with Gasteiger partial charge in [0.15, 0.2) is 5.78 Å². The normalized spacial score (nSPS) is 15.4. The fourth-order valence-electron chi connectivity index (χ4n) is 2.98. The van der Waals surface area contributed by atoms with E-state index in [0.29, 0.717) is 0 Å². The van der Waals surface area contributed by atoms with Gasteiger partial charge in [-0.15, -0.1) is 0 Å². The van der Waals surface area contributed by atoms with Crippen molar-refractivity contribution in [1.29, 1.82) is 0 Å². The molecule has 26 heavy (non-hydrogen) atoms. The zero-order valence-corrected chi connectivity index (χ0v) is 17.2. The summed E-state index contributed by atoms with van der Waals surface area (Å²) in [5.74, 6) is 1.68. The van der Waals surface area contributed by atoms with Crippen LogP contribution in [0.15, 0.2) is 47.1 Å². The third-order valence-electron chi connectivity index (χ3n) is 4.49. The van der Waals surface area contributed by atoms with Gasteiger partial charge in [-0.05, 0) is 52.8 Å². The molecule has 140 valence electrons. The highest BCUT2D eigenvalue weighted by molar-refractivity contribution is 6.12. The third kappa shape index (κ3) is 4.27. The Hall–Kier alpha value is -2.29. The molecule has 1 aliphatic carbocycles. The predicted octanol–water partition coefficient (Wildman–Crippen LogP) is 5.61. The third-order valence-corrected chi connectivity index (χ3v) is 4.49. The molecule has 0 saturated carbocycles. The van der Waals surface area contributed by atoms with E-state index < -0.39 is 0 Å². The summed E-state index contributed by atoms with van der Waals surface area (Å²) in [7, 11) is 3.30. The molecule has 0 aliphatic heterocycles. The van der Waals surface area contributed by atoms with Gasteiger partial charge in [0.05, 0.1) is 14.2 Å². The number of ketones is 1. The van der Waals surface area contributed by atoms with Gasteiger partial charge in [0.25, 0.3) is 0 Å². The molecule has 0 amide bonds. The first-order valence-corrected chi connectivity index (χ1v) is 8.90. The van der Waals surface area contributed by atoms with Crippen molar-refractivity contribution < 1.29 is 14.3 Å². The van der Waals surface area contributed by atoms with E-state index >= 15 is 0 Å². The van der Waals surface area contributed by atoms with Crippen molar-refractivity contribution in [3.8, 4) is 11.5 Å². The number of rotatable bonds is 3. The number of Topliss-reactive ketones (excluding diaryl/α,β-unsaturated/α-hetero) is 1. The van der Waals surface area contributed by atoms with Gasteiger partial charge < -0.3 is 9.47 Å². The molecule has 0 heterocycles. The maximum atomic E-state index is 13.0. The van der Waals surface area contributed by atoms with Crippen molar-refractivity contribution in [2.45, 2.75) is 41.5 Å². The maximum Gasteiger partial charge on any atom is 0.186 e. The van der Waals surface area contributed by atoms with E-state index in [2.05, 4.69) is 41.5 Å². The molecule has 0 N–H and O–H groups in total. The molecule has 1 aliphatic rings. The molecule has 0 fully saturated rings. The van der Waals surface area contributed by atoms with E-state index in [1.807, 2.05) is 36.4 Å². The minimum Gasteiger partial charge on any atom is -0.497 e. The number of hydrogen-bond acceptors (Lipinski definition) is 3. The lowest BCUT2D eigenvalue weighted by Gasteiger charge is -2.31. The predicted molar refractivity (Wildman–Crippen MR) is 108 cm³/mol. The molecule has 1 aromatic rings. The molecule has 0 bridgehead atoms. The van der Waals surface area contributed by atoms with Crippen LogP contribution in [0.1, 0.15) is 47.1 Å². The molecule has 0 aromatic heterocycles. The van der Waals surface area contributed by atoms with Crippen LogP contribution in [-0.4, -0.2) is 20.0 Å². The molecule has 0 spiro atoms. The highest BCUT2D eigenvalue weighted by atomic mass is 16.5. The van der Waals surface area contributed by atoms with Crippen LogP contribution in [0.3, 0.4) is 0 Å². The van der Waals surface area contributed by atoms with Crippen LogP contribution < -0.4 is 9.47 Å². The summed E-state index contributed by atoms with van der Waals surface area (Å²) >= 11 is 0. The van der Waals surface area contributed by atoms with E-state index in [0.717, 1.165) is 33.8 Å². The Morgan fingerprint density at radius 2 is 1.38 bits per heavy atom. The van der Waals surface area contributed by atoms with E-state index in [4.69, 9.17) is 9.47 Å². The van der Waals surface area contributed by atoms with Crippen LogP contribution in [-0.2, 0) is 4.79 Å². The number of carbonyl (C=O) groups excluding carboxylic acids is 1. The van der Waals surface area contributed by atoms with Crippen molar-refractivity contribution >= 4 is 11.9 Å². The summed E-state index contributed by atoms with van der Waals surface area (Å²) in [6.07, 6.45) is 6.04. The SMILES string of the molecule is COc1ccc(OC)c(C=C2C=C(C(C)(C)C)C(=O)C(C(C)(C)C)=C2)c1. The fourth-order valence-corrected chi connectivity index (χ4v) is 2.98. The van der Waals surface area contributed by atoms with E-state index in [9.17, 15) is 4.79 Å². The smallest absolute Gasteiger partial charge is 0.186 e. The Bertz CT molecular complexity index is 758. The van der Waals surface area contributed by atoms with Crippen molar-refractivity contribution in [1.82, 2.24) is 0 Å². The Kier molecular flexibility index (Phi) is 5.50. The fraction of sp³-hybridized carbons (Fsp3) is 0.435. The minimum atomic E-state index is -0.223. The molecular weight excluding hydrogens is 324 g/mol. The van der Waals surface area contributed by atoms with E-state index in [-0.39, 0.29) is 16.6 Å². The standard InChI is InChI=1S/C23H30O3/c1-22(2,3)18-12-15(13-19(21(18)24)23(4,5)6)11-16-14-17(25-7)9-10-20(16)26-8/h9-14H,1-8H3. The lowest BCUT2D eigenvalue weighted by atomic mass is 9.72. The average molecular weight is 354 g/mol. The highest BCUT2D eigenvalue weighted by Crippen LogP contribution is 2.39. The monoisotopic (exact) mass is 354 g/mol. The van der Waals surface area contributed by atoms with Crippen LogP contribution in [0, 0.1) is 10.8 Å². The van der Waals surface area contributed by atoms with Crippen molar-refractivity contribution in [3.05, 3.63) is 52.6 Å². The molecule has 0 saturated heterocycles. The molecule has 0 radical (unpaired) electrons. The second-order valence-corrected chi connectivity index (χ2v) is 8.70. The van der Waals surface area contributed by atoms with Gasteiger partial charge >= 0.3 is 0 Å². The Labute approximate surface area is 157 Å². The summed E-state index contributed by atoms with van der Waals surface area (Å²) in [6.45, 7) is 12.5. The summed E-state index contributed by atoms with van der Waals surface area (Å²) in [5.41, 5.74) is 3.13. The lowest BCUT2D eigenvalue weighted by Crippen LogP contribution is -2.27. The second-order valence-electron chi connectivity index (χ2n) is 8.70. The van der Waals surface area contributed by atoms with E-state index in [1.54, 1.807) is 14.2 Å². The number of hydrogen-bond donors (Lipinski definition) is 0. The van der Waals surface area contributed by atoms with Crippen molar-refractivity contribution in [3.63, 3.8) is 0 Å². The van der Waals surface area contributed by atoms with Gasteiger partial charge in [-0.25, -0.2) is 0 Å².